The minimum atomic E-state index is 0.561. The van der Waals surface area contributed by atoms with E-state index in [2.05, 4.69) is 29.3 Å². The van der Waals surface area contributed by atoms with E-state index in [-0.39, 0.29) is 0 Å². The molecule has 0 unspecified atom stereocenters. The molecule has 5 nitrogen and oxygen atoms in total. The van der Waals surface area contributed by atoms with Crippen LogP contribution in [0.5, 0.6) is 0 Å². The van der Waals surface area contributed by atoms with E-state index < -0.39 is 0 Å². The lowest BCUT2D eigenvalue weighted by Crippen LogP contribution is -2.37. The zero-order valence-corrected chi connectivity index (χ0v) is 17.6. The lowest BCUT2D eigenvalue weighted by atomic mass is 10.1. The van der Waals surface area contributed by atoms with Gasteiger partial charge in [0.2, 0.25) is 0 Å². The van der Waals surface area contributed by atoms with E-state index in [0.717, 1.165) is 40.6 Å². The summed E-state index contributed by atoms with van der Waals surface area (Å²) in [4.78, 5) is 4.31. The van der Waals surface area contributed by atoms with Crippen LogP contribution in [0, 0.1) is 0 Å². The molecule has 0 saturated carbocycles. The van der Waals surface area contributed by atoms with Gasteiger partial charge in [0.05, 0.1) is 6.54 Å². The highest BCUT2D eigenvalue weighted by molar-refractivity contribution is 6.31. The number of nitrogens with one attached hydrogen (secondary N) is 1. The first kappa shape index (κ1) is 20.1. The van der Waals surface area contributed by atoms with Gasteiger partial charge in [-0.1, -0.05) is 67.1 Å². The quantitative estimate of drug-likeness (QED) is 0.605. The van der Waals surface area contributed by atoms with Gasteiger partial charge in [0.25, 0.3) is 0 Å². The molecule has 1 aliphatic heterocycles. The van der Waals surface area contributed by atoms with Crippen LogP contribution in [-0.4, -0.2) is 45.6 Å². The Labute approximate surface area is 177 Å². The molecule has 1 fully saturated rings. The first-order valence-electron chi connectivity index (χ1n) is 10.4. The fourth-order valence-electron chi connectivity index (χ4n) is 4.07. The Balaban J connectivity index is 1.51. The third-order valence-electron chi connectivity index (χ3n) is 5.62. The van der Waals surface area contributed by atoms with Gasteiger partial charge in [0.1, 0.15) is 11.4 Å². The first-order chi connectivity index (χ1) is 14.2. The van der Waals surface area contributed by atoms with Crippen molar-refractivity contribution in [2.24, 2.45) is 0 Å². The van der Waals surface area contributed by atoms with Gasteiger partial charge in [-0.05, 0) is 37.6 Å². The van der Waals surface area contributed by atoms with Crippen molar-refractivity contribution in [2.75, 3.05) is 19.6 Å². The van der Waals surface area contributed by atoms with E-state index in [4.69, 9.17) is 21.8 Å². The van der Waals surface area contributed by atoms with Gasteiger partial charge >= 0.3 is 0 Å². The largest absolute Gasteiger partial charge is 0.309 e. The average Bonchev–Trinajstić information content (AvgIpc) is 3.37. The summed E-state index contributed by atoms with van der Waals surface area (Å²) in [7, 11) is 0. The fourth-order valence-corrected chi connectivity index (χ4v) is 4.27. The second-order valence-corrected chi connectivity index (χ2v) is 7.95. The maximum absolute atomic E-state index is 6.34. The normalized spacial score (nSPS) is 17.1. The molecule has 6 heteroatoms. The highest BCUT2D eigenvalue weighted by Crippen LogP contribution is 2.22. The van der Waals surface area contributed by atoms with Crippen molar-refractivity contribution in [2.45, 2.75) is 38.9 Å². The van der Waals surface area contributed by atoms with E-state index in [1.54, 1.807) is 4.80 Å². The molecule has 3 aromatic rings. The molecular weight excluding hydrogens is 382 g/mol. The smallest absolute Gasteiger partial charge is 0.117 e. The van der Waals surface area contributed by atoms with Crippen LogP contribution in [0.4, 0.5) is 0 Å². The predicted molar refractivity (Wildman–Crippen MR) is 118 cm³/mol. The molecule has 0 radical (unpaired) electrons. The van der Waals surface area contributed by atoms with E-state index >= 15 is 0 Å². The summed E-state index contributed by atoms with van der Waals surface area (Å²) in [5.41, 5.74) is 4.02. The molecular formula is C23H28ClN5. The highest BCUT2D eigenvalue weighted by atomic mass is 35.5. The summed E-state index contributed by atoms with van der Waals surface area (Å²) < 4.78 is 0. The van der Waals surface area contributed by atoms with E-state index in [0.29, 0.717) is 19.1 Å². The summed E-state index contributed by atoms with van der Waals surface area (Å²) in [6.07, 6.45) is 2.56. The number of rotatable bonds is 8. The van der Waals surface area contributed by atoms with Crippen molar-refractivity contribution >= 4 is 11.6 Å². The maximum atomic E-state index is 6.34. The molecule has 0 aliphatic carbocycles. The second-order valence-electron chi connectivity index (χ2n) is 7.54. The van der Waals surface area contributed by atoms with E-state index in [1.165, 1.54) is 19.4 Å². The minimum Gasteiger partial charge on any atom is -0.309 e. The van der Waals surface area contributed by atoms with E-state index in [9.17, 15) is 0 Å². The lowest BCUT2D eigenvalue weighted by molar-refractivity contribution is 0.259. The third-order valence-corrected chi connectivity index (χ3v) is 5.99. The van der Waals surface area contributed by atoms with Crippen molar-refractivity contribution in [3.8, 4) is 11.3 Å². The Morgan fingerprint density at radius 1 is 1.07 bits per heavy atom. The summed E-state index contributed by atoms with van der Waals surface area (Å²) >= 11 is 6.34. The molecule has 0 spiro atoms. The lowest BCUT2D eigenvalue weighted by Gasteiger charge is -2.22. The van der Waals surface area contributed by atoms with Gasteiger partial charge in [-0.3, -0.25) is 4.90 Å². The number of likely N-dealkylation sites (tertiary alicyclic amines) is 1. The molecule has 2 aromatic carbocycles. The number of hydrogen-bond donors (Lipinski definition) is 1. The first-order valence-corrected chi connectivity index (χ1v) is 10.8. The van der Waals surface area contributed by atoms with Gasteiger partial charge in [-0.25, -0.2) is 0 Å². The third kappa shape index (κ3) is 4.86. The molecule has 0 bridgehead atoms. The van der Waals surface area contributed by atoms with Gasteiger partial charge < -0.3 is 5.32 Å². The predicted octanol–water partition coefficient (Wildman–Crippen LogP) is 4.22. The van der Waals surface area contributed by atoms with Crippen LogP contribution in [-0.2, 0) is 13.1 Å². The zero-order valence-electron chi connectivity index (χ0n) is 16.9. The Kier molecular flexibility index (Phi) is 6.60. The van der Waals surface area contributed by atoms with Crippen molar-refractivity contribution < 1.29 is 0 Å². The summed E-state index contributed by atoms with van der Waals surface area (Å²) in [5, 5.41) is 14.0. The number of hydrogen-bond acceptors (Lipinski definition) is 4. The number of likely N-dealkylation sites (N-methyl/N-ethyl adjacent to an activating group) is 1. The molecule has 1 aromatic heterocycles. The van der Waals surface area contributed by atoms with Crippen molar-refractivity contribution in [1.82, 2.24) is 25.2 Å². The van der Waals surface area contributed by atoms with Crippen molar-refractivity contribution in [3.63, 3.8) is 0 Å². The van der Waals surface area contributed by atoms with Crippen molar-refractivity contribution in [1.29, 1.82) is 0 Å². The zero-order chi connectivity index (χ0) is 20.1. The monoisotopic (exact) mass is 409 g/mol. The van der Waals surface area contributed by atoms with Crippen LogP contribution < -0.4 is 5.32 Å². The fraction of sp³-hybridized carbons (Fsp3) is 0.391. The summed E-state index contributed by atoms with van der Waals surface area (Å²) in [6, 6.07) is 18.8. The molecule has 1 saturated heterocycles. The summed E-state index contributed by atoms with van der Waals surface area (Å²) in [5.74, 6) is 0. The standard InChI is InChI=1S/C23H28ClN5/c1-2-28-14-8-12-20(28)15-25-16-22-23(18-9-4-3-5-10-18)27-29(26-22)17-19-11-6-7-13-21(19)24/h3-7,9-11,13,20,25H,2,8,12,14-17H2,1H3/t20-/m0/s1. The number of halogens is 1. The Bertz CT molecular complexity index is 924. The molecule has 29 heavy (non-hydrogen) atoms. The summed E-state index contributed by atoms with van der Waals surface area (Å²) in [6.45, 7) is 6.83. The maximum Gasteiger partial charge on any atom is 0.117 e. The molecule has 1 atom stereocenters. The van der Waals surface area contributed by atoms with Gasteiger partial charge in [-0.2, -0.15) is 15.0 Å². The Hall–Kier alpha value is -2.21. The molecule has 4 rings (SSSR count). The Morgan fingerprint density at radius 2 is 1.86 bits per heavy atom. The highest BCUT2D eigenvalue weighted by Gasteiger charge is 2.22. The van der Waals surface area contributed by atoms with Crippen LogP contribution in [0.3, 0.4) is 0 Å². The minimum absolute atomic E-state index is 0.561. The average molecular weight is 410 g/mol. The van der Waals surface area contributed by atoms with Crippen molar-refractivity contribution in [3.05, 3.63) is 70.9 Å². The molecule has 0 amide bonds. The molecule has 152 valence electrons. The number of nitrogens with zero attached hydrogens (tertiary/aromatic N) is 4. The molecule has 1 N–H and O–H groups in total. The second kappa shape index (κ2) is 9.53. The molecule has 2 heterocycles. The molecule has 1 aliphatic rings. The van der Waals surface area contributed by atoms with Crippen LogP contribution in [0.25, 0.3) is 11.3 Å². The van der Waals surface area contributed by atoms with Crippen LogP contribution in [0.2, 0.25) is 5.02 Å². The van der Waals surface area contributed by atoms with Crippen LogP contribution in [0.15, 0.2) is 54.6 Å². The topological polar surface area (TPSA) is 46.0 Å². The van der Waals surface area contributed by atoms with Gasteiger partial charge in [0, 0.05) is 29.7 Å². The van der Waals surface area contributed by atoms with Crippen LogP contribution in [0.1, 0.15) is 31.0 Å². The Morgan fingerprint density at radius 3 is 2.66 bits per heavy atom. The van der Waals surface area contributed by atoms with E-state index in [1.807, 2.05) is 42.5 Å². The number of benzene rings is 2. The van der Waals surface area contributed by atoms with Gasteiger partial charge in [0.15, 0.2) is 0 Å². The SMILES string of the molecule is CCN1CCC[C@H]1CNCc1nn(Cc2ccccc2Cl)nc1-c1ccccc1. The van der Waals surface area contributed by atoms with Gasteiger partial charge in [-0.15, -0.1) is 0 Å². The van der Waals surface area contributed by atoms with Crippen LogP contribution >= 0.6 is 11.6 Å². The number of aromatic nitrogens is 3.